The summed E-state index contributed by atoms with van der Waals surface area (Å²) in [7, 11) is 0. The molecule has 0 fully saturated rings. The van der Waals surface area contributed by atoms with Crippen molar-refractivity contribution < 1.29 is 9.90 Å². The van der Waals surface area contributed by atoms with Crippen LogP contribution in [0.15, 0.2) is 18.2 Å². The van der Waals surface area contributed by atoms with E-state index in [9.17, 15) is 9.90 Å². The molecule has 2 aromatic rings. The number of Topliss-reactive ketones (excluding diaryl/α,β-unsaturated/α-hetero) is 1. The van der Waals surface area contributed by atoms with Crippen LogP contribution in [0.25, 0.3) is 10.1 Å². The highest BCUT2D eigenvalue weighted by atomic mass is 32.1. The van der Waals surface area contributed by atoms with Crippen molar-refractivity contribution in [1.82, 2.24) is 0 Å². The first-order chi connectivity index (χ1) is 6.59. The van der Waals surface area contributed by atoms with Crippen LogP contribution in [0.2, 0.25) is 0 Å². The second-order valence-electron chi connectivity index (χ2n) is 3.34. The number of carbonyl (C=O) groups excluding carboxylic acids is 1. The molecule has 2 nitrogen and oxygen atoms in total. The Labute approximate surface area is 85.8 Å². The van der Waals surface area contributed by atoms with Gasteiger partial charge in [0.2, 0.25) is 0 Å². The van der Waals surface area contributed by atoms with Crippen LogP contribution in [0.3, 0.4) is 0 Å². The summed E-state index contributed by atoms with van der Waals surface area (Å²) in [5.74, 6) is 0.0406. The molecule has 72 valence electrons. The number of aryl methyl sites for hydroxylation is 1. The van der Waals surface area contributed by atoms with Gasteiger partial charge in [0.1, 0.15) is 10.6 Å². The maximum absolute atomic E-state index is 11.2. The van der Waals surface area contributed by atoms with Gasteiger partial charge in [-0.05, 0) is 24.6 Å². The number of hydrogen-bond donors (Lipinski definition) is 1. The fourth-order valence-corrected chi connectivity index (χ4v) is 2.52. The summed E-state index contributed by atoms with van der Waals surface area (Å²) in [4.78, 5) is 11.6. The van der Waals surface area contributed by atoms with Crippen molar-refractivity contribution in [3.8, 4) is 5.75 Å². The van der Waals surface area contributed by atoms with Crippen molar-refractivity contribution in [3.05, 3.63) is 28.6 Å². The fourth-order valence-electron chi connectivity index (χ4n) is 1.43. The number of rotatable bonds is 1. The Morgan fingerprint density at radius 3 is 2.79 bits per heavy atom. The van der Waals surface area contributed by atoms with Gasteiger partial charge in [0.15, 0.2) is 5.78 Å². The van der Waals surface area contributed by atoms with Crippen LogP contribution in [-0.4, -0.2) is 10.9 Å². The lowest BCUT2D eigenvalue weighted by Gasteiger charge is -1.92. The quantitative estimate of drug-likeness (QED) is 0.728. The van der Waals surface area contributed by atoms with Gasteiger partial charge in [-0.3, -0.25) is 4.79 Å². The Kier molecular flexibility index (Phi) is 2.04. The zero-order valence-electron chi connectivity index (χ0n) is 8.00. The molecule has 1 aromatic carbocycles. The molecular formula is C11H10O2S. The van der Waals surface area contributed by atoms with Crippen LogP contribution in [-0.2, 0) is 0 Å². The molecule has 1 N–H and O–H groups in total. The Bertz CT molecular complexity index is 511. The minimum atomic E-state index is -0.0821. The smallest absolute Gasteiger partial charge is 0.173 e. The van der Waals surface area contributed by atoms with Gasteiger partial charge in [-0.1, -0.05) is 6.07 Å². The van der Waals surface area contributed by atoms with Gasteiger partial charge < -0.3 is 5.11 Å². The van der Waals surface area contributed by atoms with E-state index in [0.29, 0.717) is 4.88 Å². The zero-order chi connectivity index (χ0) is 10.3. The van der Waals surface area contributed by atoms with Crippen LogP contribution < -0.4 is 0 Å². The number of thiophene rings is 1. The van der Waals surface area contributed by atoms with Gasteiger partial charge in [0.25, 0.3) is 0 Å². The van der Waals surface area contributed by atoms with Crippen LogP contribution >= 0.6 is 11.3 Å². The molecule has 0 saturated heterocycles. The summed E-state index contributed by atoms with van der Waals surface area (Å²) in [6, 6.07) is 5.76. The molecule has 0 amide bonds. The molecule has 0 saturated carbocycles. The summed E-state index contributed by atoms with van der Waals surface area (Å²) in [6.45, 7) is 3.46. The third-order valence-corrected chi connectivity index (χ3v) is 3.38. The van der Waals surface area contributed by atoms with Crippen molar-refractivity contribution >= 4 is 27.2 Å². The van der Waals surface area contributed by atoms with Gasteiger partial charge >= 0.3 is 0 Å². The fraction of sp³-hybridized carbons (Fsp3) is 0.182. The van der Waals surface area contributed by atoms with E-state index in [1.54, 1.807) is 0 Å². The highest BCUT2D eigenvalue weighted by Gasteiger charge is 2.13. The first-order valence-corrected chi connectivity index (χ1v) is 5.14. The maximum atomic E-state index is 11.2. The number of benzene rings is 1. The second-order valence-corrected chi connectivity index (χ2v) is 4.39. The van der Waals surface area contributed by atoms with Crippen molar-refractivity contribution in [1.29, 1.82) is 0 Å². The van der Waals surface area contributed by atoms with E-state index in [1.165, 1.54) is 18.3 Å². The zero-order valence-corrected chi connectivity index (χ0v) is 8.81. The van der Waals surface area contributed by atoms with Crippen LogP contribution in [0.4, 0.5) is 0 Å². The van der Waals surface area contributed by atoms with E-state index in [1.807, 2.05) is 25.1 Å². The summed E-state index contributed by atoms with van der Waals surface area (Å²) < 4.78 is 0.965. The third-order valence-electron chi connectivity index (χ3n) is 2.14. The van der Waals surface area contributed by atoms with Crippen molar-refractivity contribution in [2.24, 2.45) is 0 Å². The van der Waals surface area contributed by atoms with Crippen LogP contribution in [0.1, 0.15) is 22.2 Å². The molecule has 0 spiro atoms. The molecule has 0 aliphatic rings. The highest BCUT2D eigenvalue weighted by Crippen LogP contribution is 2.37. The van der Waals surface area contributed by atoms with Gasteiger partial charge in [-0.2, -0.15) is 0 Å². The molecule has 0 bridgehead atoms. The first kappa shape index (κ1) is 9.21. The van der Waals surface area contributed by atoms with Crippen molar-refractivity contribution in [2.75, 3.05) is 0 Å². The minimum absolute atomic E-state index is 0.0821. The normalized spacial score (nSPS) is 10.7. The van der Waals surface area contributed by atoms with Gasteiger partial charge in [-0.25, -0.2) is 0 Å². The van der Waals surface area contributed by atoms with Gasteiger partial charge in [-0.15, -0.1) is 11.3 Å². The van der Waals surface area contributed by atoms with E-state index in [-0.39, 0.29) is 11.5 Å². The lowest BCUT2D eigenvalue weighted by atomic mass is 10.2. The summed E-state index contributed by atoms with van der Waals surface area (Å²) >= 11 is 1.35. The molecule has 0 aliphatic heterocycles. The number of fused-ring (bicyclic) bond motifs is 1. The number of hydrogen-bond acceptors (Lipinski definition) is 3. The molecule has 0 unspecified atom stereocenters. The van der Waals surface area contributed by atoms with Gasteiger partial charge in [0.05, 0.1) is 0 Å². The molecule has 3 heteroatoms. The number of aromatic hydroxyl groups is 1. The predicted molar refractivity (Wildman–Crippen MR) is 58.2 cm³/mol. The Morgan fingerprint density at radius 2 is 2.14 bits per heavy atom. The molecule has 14 heavy (non-hydrogen) atoms. The molecule has 0 atom stereocenters. The predicted octanol–water partition coefficient (Wildman–Crippen LogP) is 3.12. The van der Waals surface area contributed by atoms with Crippen molar-refractivity contribution in [3.63, 3.8) is 0 Å². The molecule has 1 heterocycles. The average Bonchev–Trinajstić information content (AvgIpc) is 2.43. The number of ketones is 1. The van der Waals surface area contributed by atoms with Crippen LogP contribution in [0.5, 0.6) is 5.75 Å². The van der Waals surface area contributed by atoms with Crippen molar-refractivity contribution in [2.45, 2.75) is 13.8 Å². The van der Waals surface area contributed by atoms with E-state index >= 15 is 0 Å². The van der Waals surface area contributed by atoms with E-state index in [0.717, 1.165) is 15.6 Å². The third kappa shape index (κ3) is 1.30. The molecule has 2 rings (SSSR count). The molecule has 0 radical (unpaired) electrons. The summed E-state index contributed by atoms with van der Waals surface area (Å²) in [5.41, 5.74) is 1.13. The van der Waals surface area contributed by atoms with E-state index in [4.69, 9.17) is 0 Å². The molecule has 1 aromatic heterocycles. The van der Waals surface area contributed by atoms with E-state index in [2.05, 4.69) is 0 Å². The molecular weight excluding hydrogens is 196 g/mol. The number of carbonyl (C=O) groups is 1. The Hall–Kier alpha value is -1.35. The van der Waals surface area contributed by atoms with Crippen LogP contribution in [0, 0.1) is 6.92 Å². The lowest BCUT2D eigenvalue weighted by molar-refractivity contribution is 0.101. The topological polar surface area (TPSA) is 37.3 Å². The maximum Gasteiger partial charge on any atom is 0.173 e. The second kappa shape index (κ2) is 3.10. The Balaban J connectivity index is 2.79. The summed E-state index contributed by atoms with van der Waals surface area (Å²) in [6.07, 6.45) is 0. The van der Waals surface area contributed by atoms with E-state index < -0.39 is 0 Å². The largest absolute Gasteiger partial charge is 0.506 e. The van der Waals surface area contributed by atoms with Gasteiger partial charge in [0, 0.05) is 17.0 Å². The standard InChI is InChI=1S/C11H10O2S/c1-6-3-4-8-9(5-6)14-11(7(2)12)10(8)13/h3-5,13H,1-2H3. The SMILES string of the molecule is CC(=O)c1sc2cc(C)ccc2c1O. The average molecular weight is 206 g/mol. The Morgan fingerprint density at radius 1 is 1.43 bits per heavy atom. The molecule has 0 aliphatic carbocycles. The summed E-state index contributed by atoms with van der Waals surface area (Å²) in [5, 5.41) is 10.5. The highest BCUT2D eigenvalue weighted by molar-refractivity contribution is 7.21. The minimum Gasteiger partial charge on any atom is -0.506 e. The lowest BCUT2D eigenvalue weighted by Crippen LogP contribution is -1.85. The monoisotopic (exact) mass is 206 g/mol. The first-order valence-electron chi connectivity index (χ1n) is 4.32.